The molecular weight excluding hydrogens is 294 g/mol. The number of pyridine rings is 1. The number of carbonyl (C=O) groups is 2. The van der Waals surface area contributed by atoms with E-state index in [2.05, 4.69) is 15.2 Å². The van der Waals surface area contributed by atoms with Gasteiger partial charge in [0, 0.05) is 51.7 Å². The molecule has 1 N–H and O–H groups in total. The monoisotopic (exact) mass is 317 g/mol. The van der Waals surface area contributed by atoms with E-state index in [-0.39, 0.29) is 17.9 Å². The van der Waals surface area contributed by atoms with E-state index >= 15 is 0 Å². The van der Waals surface area contributed by atoms with Gasteiger partial charge in [-0.05, 0) is 24.7 Å². The van der Waals surface area contributed by atoms with E-state index in [0.29, 0.717) is 32.7 Å². The van der Waals surface area contributed by atoms with Gasteiger partial charge in [-0.15, -0.1) is 0 Å². The first-order chi connectivity index (χ1) is 11.1. The molecule has 1 aromatic heterocycles. The molecule has 2 amide bonds. The second-order valence-electron chi connectivity index (χ2n) is 6.21. The van der Waals surface area contributed by atoms with Crippen LogP contribution in [0.3, 0.4) is 0 Å². The molecule has 124 valence electrons. The number of hydrogen-bond donors (Lipinski definition) is 1. The fourth-order valence-corrected chi connectivity index (χ4v) is 3.19. The predicted molar refractivity (Wildman–Crippen MR) is 85.5 cm³/mol. The highest BCUT2D eigenvalue weighted by Gasteiger charge is 2.36. The SMILES string of the molecule is CN(CC(=O)N1CCN2CCNC(=O)[C@@H]2C1)Cc1ccncc1. The molecule has 1 atom stereocenters. The Kier molecular flexibility index (Phi) is 4.88. The number of nitrogens with zero attached hydrogens (tertiary/aromatic N) is 4. The van der Waals surface area contributed by atoms with Crippen molar-refractivity contribution in [2.45, 2.75) is 12.6 Å². The smallest absolute Gasteiger partial charge is 0.239 e. The molecule has 3 heterocycles. The topological polar surface area (TPSA) is 68.8 Å². The number of amides is 2. The van der Waals surface area contributed by atoms with E-state index in [4.69, 9.17) is 0 Å². The van der Waals surface area contributed by atoms with Crippen molar-refractivity contribution in [3.63, 3.8) is 0 Å². The molecule has 0 saturated carbocycles. The van der Waals surface area contributed by atoms with Crippen LogP contribution >= 0.6 is 0 Å². The second-order valence-corrected chi connectivity index (χ2v) is 6.21. The average molecular weight is 317 g/mol. The highest BCUT2D eigenvalue weighted by atomic mass is 16.2. The maximum Gasteiger partial charge on any atom is 0.239 e. The lowest BCUT2D eigenvalue weighted by molar-refractivity contribution is -0.140. The summed E-state index contributed by atoms with van der Waals surface area (Å²) in [5.41, 5.74) is 1.13. The van der Waals surface area contributed by atoms with Crippen molar-refractivity contribution in [3.05, 3.63) is 30.1 Å². The van der Waals surface area contributed by atoms with Crippen molar-refractivity contribution >= 4 is 11.8 Å². The number of rotatable bonds is 4. The maximum atomic E-state index is 12.5. The van der Waals surface area contributed by atoms with E-state index in [9.17, 15) is 9.59 Å². The highest BCUT2D eigenvalue weighted by Crippen LogP contribution is 2.13. The molecule has 2 saturated heterocycles. The van der Waals surface area contributed by atoms with Gasteiger partial charge in [0.2, 0.25) is 11.8 Å². The molecule has 0 spiro atoms. The molecule has 0 radical (unpaired) electrons. The Morgan fingerprint density at radius 1 is 1.35 bits per heavy atom. The minimum absolute atomic E-state index is 0.0406. The Bertz CT molecular complexity index is 565. The van der Waals surface area contributed by atoms with Crippen molar-refractivity contribution in [1.82, 2.24) is 25.0 Å². The summed E-state index contributed by atoms with van der Waals surface area (Å²) < 4.78 is 0. The number of aromatic nitrogens is 1. The molecule has 0 aliphatic carbocycles. The molecule has 0 bridgehead atoms. The maximum absolute atomic E-state index is 12.5. The van der Waals surface area contributed by atoms with Crippen molar-refractivity contribution in [2.24, 2.45) is 0 Å². The quantitative estimate of drug-likeness (QED) is 0.784. The molecule has 1 aromatic rings. The lowest BCUT2D eigenvalue weighted by Gasteiger charge is -2.43. The Morgan fingerprint density at radius 3 is 2.91 bits per heavy atom. The van der Waals surface area contributed by atoms with Gasteiger partial charge in [-0.25, -0.2) is 0 Å². The molecular formula is C16H23N5O2. The third kappa shape index (κ3) is 3.86. The van der Waals surface area contributed by atoms with Gasteiger partial charge < -0.3 is 10.2 Å². The van der Waals surface area contributed by atoms with E-state index in [0.717, 1.165) is 18.7 Å². The fraction of sp³-hybridized carbons (Fsp3) is 0.562. The number of nitrogens with one attached hydrogen (secondary N) is 1. The minimum Gasteiger partial charge on any atom is -0.353 e. The van der Waals surface area contributed by atoms with E-state index in [1.807, 2.05) is 29.0 Å². The van der Waals surface area contributed by atoms with Crippen LogP contribution in [-0.4, -0.2) is 83.9 Å². The molecule has 2 fully saturated rings. The Labute approximate surface area is 136 Å². The normalized spacial score (nSPS) is 21.9. The van der Waals surface area contributed by atoms with Crippen LogP contribution in [0.15, 0.2) is 24.5 Å². The zero-order valence-electron chi connectivity index (χ0n) is 13.4. The third-order valence-electron chi connectivity index (χ3n) is 4.45. The van der Waals surface area contributed by atoms with Crippen LogP contribution < -0.4 is 5.32 Å². The Balaban J connectivity index is 1.53. The highest BCUT2D eigenvalue weighted by molar-refractivity contribution is 5.85. The average Bonchev–Trinajstić information content (AvgIpc) is 2.55. The number of piperazine rings is 2. The second kappa shape index (κ2) is 7.06. The zero-order valence-corrected chi connectivity index (χ0v) is 13.4. The van der Waals surface area contributed by atoms with Crippen molar-refractivity contribution in [2.75, 3.05) is 46.3 Å². The van der Waals surface area contributed by atoms with Crippen molar-refractivity contribution < 1.29 is 9.59 Å². The molecule has 7 nitrogen and oxygen atoms in total. The predicted octanol–water partition coefficient (Wildman–Crippen LogP) is -0.844. The van der Waals surface area contributed by atoms with E-state index in [1.54, 1.807) is 12.4 Å². The van der Waals surface area contributed by atoms with Crippen LogP contribution in [-0.2, 0) is 16.1 Å². The van der Waals surface area contributed by atoms with Crippen molar-refractivity contribution in [1.29, 1.82) is 0 Å². The Morgan fingerprint density at radius 2 is 2.13 bits per heavy atom. The van der Waals surface area contributed by atoms with Gasteiger partial charge in [-0.3, -0.25) is 24.4 Å². The van der Waals surface area contributed by atoms with Gasteiger partial charge in [-0.2, -0.15) is 0 Å². The summed E-state index contributed by atoms with van der Waals surface area (Å²) in [7, 11) is 1.93. The first kappa shape index (κ1) is 15.9. The third-order valence-corrected chi connectivity index (χ3v) is 4.45. The fourth-order valence-electron chi connectivity index (χ4n) is 3.19. The van der Waals surface area contributed by atoms with Gasteiger partial charge in [0.05, 0.1) is 6.54 Å². The molecule has 3 rings (SSSR count). The van der Waals surface area contributed by atoms with Crippen LogP contribution in [0, 0.1) is 0 Å². The van der Waals surface area contributed by atoms with Gasteiger partial charge in [-0.1, -0.05) is 0 Å². The summed E-state index contributed by atoms with van der Waals surface area (Å²) in [6, 6.07) is 3.71. The van der Waals surface area contributed by atoms with Crippen LogP contribution in [0.25, 0.3) is 0 Å². The summed E-state index contributed by atoms with van der Waals surface area (Å²) in [5.74, 6) is 0.124. The van der Waals surface area contributed by atoms with Gasteiger partial charge >= 0.3 is 0 Å². The standard InChI is InChI=1S/C16H23N5O2/c1-19(10-13-2-4-17-5-3-13)12-15(22)21-9-8-20-7-6-18-16(23)14(20)11-21/h2-5,14H,6-12H2,1H3,(H,18,23)/t14-/m0/s1. The minimum atomic E-state index is -0.188. The number of hydrogen-bond acceptors (Lipinski definition) is 5. The van der Waals surface area contributed by atoms with Crippen LogP contribution in [0.5, 0.6) is 0 Å². The summed E-state index contributed by atoms with van der Waals surface area (Å²) in [4.78, 5) is 34.4. The first-order valence-corrected chi connectivity index (χ1v) is 8.00. The largest absolute Gasteiger partial charge is 0.353 e. The van der Waals surface area contributed by atoms with Crippen LogP contribution in [0.2, 0.25) is 0 Å². The molecule has 7 heteroatoms. The lowest BCUT2D eigenvalue weighted by Crippen LogP contribution is -2.64. The molecule has 0 aromatic carbocycles. The van der Waals surface area contributed by atoms with Crippen LogP contribution in [0.4, 0.5) is 0 Å². The lowest BCUT2D eigenvalue weighted by atomic mass is 10.1. The number of fused-ring (bicyclic) bond motifs is 1. The van der Waals surface area contributed by atoms with Crippen LogP contribution in [0.1, 0.15) is 5.56 Å². The first-order valence-electron chi connectivity index (χ1n) is 8.00. The molecule has 2 aliphatic rings. The molecule has 2 aliphatic heterocycles. The summed E-state index contributed by atoms with van der Waals surface area (Å²) >= 11 is 0. The number of likely N-dealkylation sites (N-methyl/N-ethyl adjacent to an activating group) is 1. The van der Waals surface area contributed by atoms with Gasteiger partial charge in [0.25, 0.3) is 0 Å². The van der Waals surface area contributed by atoms with Gasteiger partial charge in [0.1, 0.15) is 6.04 Å². The summed E-state index contributed by atoms with van der Waals surface area (Å²) in [6.07, 6.45) is 3.51. The van der Waals surface area contributed by atoms with Gasteiger partial charge in [0.15, 0.2) is 0 Å². The molecule has 23 heavy (non-hydrogen) atoms. The van der Waals surface area contributed by atoms with E-state index < -0.39 is 0 Å². The number of carbonyl (C=O) groups excluding carboxylic acids is 2. The Hall–Kier alpha value is -1.99. The summed E-state index contributed by atoms with van der Waals surface area (Å²) in [6.45, 7) is 4.62. The zero-order chi connectivity index (χ0) is 16.2. The van der Waals surface area contributed by atoms with Crippen molar-refractivity contribution in [3.8, 4) is 0 Å². The summed E-state index contributed by atoms with van der Waals surface area (Å²) in [5, 5.41) is 2.88. The molecule has 0 unspecified atom stereocenters. The van der Waals surface area contributed by atoms with E-state index in [1.165, 1.54) is 0 Å².